The monoisotopic (exact) mass is 246 g/mol. The van der Waals surface area contributed by atoms with Crippen molar-refractivity contribution in [3.63, 3.8) is 0 Å². The van der Waals surface area contributed by atoms with Crippen molar-refractivity contribution in [3.8, 4) is 0 Å². The number of amides is 1. The Labute approximate surface area is 101 Å². The Hall–Kier alpha value is -1.13. The van der Waals surface area contributed by atoms with E-state index in [0.717, 1.165) is 0 Å². The van der Waals surface area contributed by atoms with Gasteiger partial charge < -0.3 is 11.1 Å². The third-order valence-electron chi connectivity index (χ3n) is 2.15. The average molecular weight is 247 g/mol. The Balaban J connectivity index is 0.00000225. The van der Waals surface area contributed by atoms with E-state index in [1.165, 1.54) is 12.1 Å². The normalized spacial score (nSPS) is 11.8. The Kier molecular flexibility index (Phi) is 6.00. The number of carbonyl (C=O) groups excluding carboxylic acids is 1. The lowest BCUT2D eigenvalue weighted by Gasteiger charge is -2.15. The number of rotatable bonds is 3. The van der Waals surface area contributed by atoms with E-state index < -0.39 is 11.9 Å². The van der Waals surface area contributed by atoms with E-state index in [2.05, 4.69) is 5.32 Å². The van der Waals surface area contributed by atoms with Crippen molar-refractivity contribution in [1.82, 2.24) is 0 Å². The molecule has 0 radical (unpaired) electrons. The zero-order valence-electron chi connectivity index (χ0n) is 9.24. The largest absolute Gasteiger partial charge is 0.322 e. The van der Waals surface area contributed by atoms with Gasteiger partial charge in [-0.25, -0.2) is 4.39 Å². The SMILES string of the molecule is CC(C)C(N)C(=O)Nc1ccccc1F.Cl. The van der Waals surface area contributed by atoms with Gasteiger partial charge in [-0.2, -0.15) is 0 Å². The molecule has 5 heteroatoms. The van der Waals surface area contributed by atoms with Gasteiger partial charge in [0.2, 0.25) is 5.91 Å². The summed E-state index contributed by atoms with van der Waals surface area (Å²) in [5.41, 5.74) is 5.79. The molecule has 0 saturated carbocycles. The fourth-order valence-corrected chi connectivity index (χ4v) is 1.08. The zero-order chi connectivity index (χ0) is 11.4. The number of hydrogen-bond donors (Lipinski definition) is 2. The topological polar surface area (TPSA) is 55.1 Å². The zero-order valence-corrected chi connectivity index (χ0v) is 10.1. The van der Waals surface area contributed by atoms with Gasteiger partial charge in [0.05, 0.1) is 11.7 Å². The standard InChI is InChI=1S/C11H15FN2O.ClH/c1-7(2)10(13)11(15)14-9-6-4-3-5-8(9)12;/h3-7,10H,13H2,1-2H3,(H,14,15);1H. The van der Waals surface area contributed by atoms with Crippen LogP contribution in [-0.2, 0) is 4.79 Å². The molecule has 1 atom stereocenters. The first-order valence-corrected chi connectivity index (χ1v) is 4.83. The van der Waals surface area contributed by atoms with Crippen molar-refractivity contribution < 1.29 is 9.18 Å². The Bertz CT molecular complexity index is 358. The number of anilines is 1. The van der Waals surface area contributed by atoms with Gasteiger partial charge in [-0.15, -0.1) is 12.4 Å². The molecule has 0 spiro atoms. The van der Waals surface area contributed by atoms with Crippen LogP contribution in [0.4, 0.5) is 10.1 Å². The molecular weight excluding hydrogens is 231 g/mol. The second-order valence-electron chi connectivity index (χ2n) is 3.74. The van der Waals surface area contributed by atoms with Crippen molar-refractivity contribution in [1.29, 1.82) is 0 Å². The summed E-state index contributed by atoms with van der Waals surface area (Å²) in [5, 5.41) is 2.45. The molecule has 0 saturated heterocycles. The maximum absolute atomic E-state index is 13.2. The maximum atomic E-state index is 13.2. The van der Waals surface area contributed by atoms with E-state index in [9.17, 15) is 9.18 Å². The summed E-state index contributed by atoms with van der Waals surface area (Å²) >= 11 is 0. The van der Waals surface area contributed by atoms with Gasteiger partial charge in [0.25, 0.3) is 0 Å². The van der Waals surface area contributed by atoms with Crippen LogP contribution < -0.4 is 11.1 Å². The van der Waals surface area contributed by atoms with E-state index >= 15 is 0 Å². The predicted molar refractivity (Wildman–Crippen MR) is 65.1 cm³/mol. The molecule has 90 valence electrons. The second kappa shape index (κ2) is 6.45. The van der Waals surface area contributed by atoms with Crippen LogP contribution in [0.15, 0.2) is 24.3 Å². The first kappa shape index (κ1) is 14.9. The molecule has 0 aliphatic carbocycles. The molecule has 16 heavy (non-hydrogen) atoms. The van der Waals surface area contributed by atoms with Crippen LogP contribution in [-0.4, -0.2) is 11.9 Å². The third kappa shape index (κ3) is 3.79. The Morgan fingerprint density at radius 1 is 1.38 bits per heavy atom. The molecule has 1 unspecified atom stereocenters. The summed E-state index contributed by atoms with van der Waals surface area (Å²) in [6.45, 7) is 3.68. The van der Waals surface area contributed by atoms with Crippen molar-refractivity contribution in [3.05, 3.63) is 30.1 Å². The van der Waals surface area contributed by atoms with Crippen LogP contribution in [0.25, 0.3) is 0 Å². The minimum absolute atomic E-state index is 0. The quantitative estimate of drug-likeness (QED) is 0.859. The summed E-state index contributed by atoms with van der Waals surface area (Å²) in [5.74, 6) is -0.798. The van der Waals surface area contributed by atoms with Gasteiger partial charge in [0, 0.05) is 0 Å². The molecule has 0 aromatic heterocycles. The molecule has 1 amide bonds. The summed E-state index contributed by atoms with van der Waals surface area (Å²) in [7, 11) is 0. The summed E-state index contributed by atoms with van der Waals surface area (Å²) < 4.78 is 13.2. The average Bonchev–Trinajstić information content (AvgIpc) is 2.20. The fraction of sp³-hybridized carbons (Fsp3) is 0.364. The van der Waals surface area contributed by atoms with Gasteiger partial charge in [-0.1, -0.05) is 26.0 Å². The van der Waals surface area contributed by atoms with Crippen LogP contribution in [0.3, 0.4) is 0 Å². The van der Waals surface area contributed by atoms with E-state index in [1.54, 1.807) is 12.1 Å². The smallest absolute Gasteiger partial charge is 0.241 e. The molecule has 1 aromatic carbocycles. The highest BCUT2D eigenvalue weighted by atomic mass is 35.5. The number of para-hydroxylation sites is 1. The predicted octanol–water partition coefficient (Wildman–Crippen LogP) is 2.17. The Morgan fingerprint density at radius 2 is 1.94 bits per heavy atom. The van der Waals surface area contributed by atoms with Gasteiger partial charge >= 0.3 is 0 Å². The van der Waals surface area contributed by atoms with Gasteiger partial charge in [-0.3, -0.25) is 4.79 Å². The highest BCUT2D eigenvalue weighted by Crippen LogP contribution is 2.13. The molecule has 1 rings (SSSR count). The molecular formula is C11H16ClFN2O. The van der Waals surface area contributed by atoms with Crippen LogP contribution in [0.1, 0.15) is 13.8 Å². The van der Waals surface area contributed by atoms with E-state index in [4.69, 9.17) is 5.73 Å². The molecule has 3 N–H and O–H groups in total. The lowest BCUT2D eigenvalue weighted by atomic mass is 10.0. The number of nitrogens with one attached hydrogen (secondary N) is 1. The molecule has 0 aliphatic heterocycles. The molecule has 3 nitrogen and oxygen atoms in total. The summed E-state index contributed by atoms with van der Waals surface area (Å²) in [6, 6.07) is 5.38. The number of benzene rings is 1. The third-order valence-corrected chi connectivity index (χ3v) is 2.15. The van der Waals surface area contributed by atoms with Gasteiger partial charge in [0.1, 0.15) is 5.82 Å². The van der Waals surface area contributed by atoms with Gasteiger partial charge in [0.15, 0.2) is 0 Å². The second-order valence-corrected chi connectivity index (χ2v) is 3.74. The fourth-order valence-electron chi connectivity index (χ4n) is 1.08. The first-order valence-electron chi connectivity index (χ1n) is 4.83. The lowest BCUT2D eigenvalue weighted by molar-refractivity contribution is -0.118. The minimum atomic E-state index is -0.621. The number of nitrogens with two attached hydrogens (primary N) is 1. The van der Waals surface area contributed by atoms with Crippen LogP contribution >= 0.6 is 12.4 Å². The van der Waals surface area contributed by atoms with Gasteiger partial charge in [-0.05, 0) is 18.1 Å². The van der Waals surface area contributed by atoms with Crippen LogP contribution in [0.5, 0.6) is 0 Å². The summed E-state index contributed by atoms with van der Waals surface area (Å²) in [6.07, 6.45) is 0. The number of carbonyl (C=O) groups is 1. The van der Waals surface area contributed by atoms with E-state index in [1.807, 2.05) is 13.8 Å². The molecule has 0 heterocycles. The van der Waals surface area contributed by atoms with E-state index in [0.29, 0.717) is 0 Å². The van der Waals surface area contributed by atoms with Crippen molar-refractivity contribution in [2.24, 2.45) is 11.7 Å². The molecule has 0 fully saturated rings. The summed E-state index contributed by atoms with van der Waals surface area (Å²) in [4.78, 5) is 11.5. The molecule has 0 aliphatic rings. The minimum Gasteiger partial charge on any atom is -0.322 e. The maximum Gasteiger partial charge on any atom is 0.241 e. The van der Waals surface area contributed by atoms with Crippen LogP contribution in [0, 0.1) is 11.7 Å². The first-order chi connectivity index (χ1) is 7.02. The number of hydrogen-bond acceptors (Lipinski definition) is 2. The van der Waals surface area contributed by atoms with E-state index in [-0.39, 0.29) is 29.9 Å². The highest BCUT2D eigenvalue weighted by Gasteiger charge is 2.17. The molecule has 0 bridgehead atoms. The highest BCUT2D eigenvalue weighted by molar-refractivity contribution is 5.94. The van der Waals surface area contributed by atoms with Crippen LogP contribution in [0.2, 0.25) is 0 Å². The lowest BCUT2D eigenvalue weighted by Crippen LogP contribution is -2.39. The molecule has 1 aromatic rings. The van der Waals surface area contributed by atoms with Crippen molar-refractivity contribution in [2.45, 2.75) is 19.9 Å². The van der Waals surface area contributed by atoms with Crippen molar-refractivity contribution >= 4 is 24.0 Å². The Morgan fingerprint density at radius 3 is 2.44 bits per heavy atom. The number of halogens is 2. The van der Waals surface area contributed by atoms with Crippen molar-refractivity contribution in [2.75, 3.05) is 5.32 Å².